The van der Waals surface area contributed by atoms with Gasteiger partial charge in [0.05, 0.1) is 17.8 Å². The fraction of sp³-hybridized carbons (Fsp3) is 0.350. The number of methoxy groups -OCH3 is 1. The van der Waals surface area contributed by atoms with Crippen molar-refractivity contribution in [1.29, 1.82) is 0 Å². The van der Waals surface area contributed by atoms with Gasteiger partial charge < -0.3 is 27.3 Å². The number of thiophene rings is 1. The summed E-state index contributed by atoms with van der Waals surface area (Å²) in [7, 11) is 1.65. The lowest BCUT2D eigenvalue weighted by Crippen LogP contribution is -2.32. The van der Waals surface area contributed by atoms with Gasteiger partial charge in [0.25, 0.3) is 5.91 Å². The number of amides is 1. The third-order valence-electron chi connectivity index (χ3n) is 5.29. The molecule has 1 amide bonds. The summed E-state index contributed by atoms with van der Waals surface area (Å²) in [4.78, 5) is 13.2. The van der Waals surface area contributed by atoms with E-state index in [-0.39, 0.29) is 11.3 Å². The largest absolute Gasteiger partial charge is 0.497 e. The van der Waals surface area contributed by atoms with E-state index in [9.17, 15) is 4.79 Å². The standard InChI is InChI=1S/C20H26N4O2S/c1-11(12(2)21)15-16(22)17(27-18(15)23)19(25)24-10-20(8-9-20)13-4-6-14(26-3)7-5-13/h4-7H,8-10,21-23H2,1-3H3,(H,24,25)/b12-11-. The van der Waals surface area contributed by atoms with E-state index in [2.05, 4.69) is 17.4 Å². The van der Waals surface area contributed by atoms with Crippen molar-refractivity contribution < 1.29 is 9.53 Å². The fourth-order valence-corrected chi connectivity index (χ4v) is 4.17. The Balaban J connectivity index is 1.75. The molecule has 0 bridgehead atoms. The second-order valence-corrected chi connectivity index (χ2v) is 8.14. The van der Waals surface area contributed by atoms with Crippen molar-refractivity contribution in [1.82, 2.24) is 5.32 Å². The lowest BCUT2D eigenvalue weighted by atomic mass is 9.96. The first-order valence-corrected chi connectivity index (χ1v) is 9.64. The molecule has 0 aliphatic heterocycles. The van der Waals surface area contributed by atoms with Gasteiger partial charge in [-0.15, -0.1) is 11.3 Å². The van der Waals surface area contributed by atoms with Crippen LogP contribution in [0.1, 0.15) is 47.5 Å². The zero-order valence-electron chi connectivity index (χ0n) is 15.9. The van der Waals surface area contributed by atoms with Crippen LogP contribution in [0.4, 0.5) is 10.7 Å². The van der Waals surface area contributed by atoms with Gasteiger partial charge in [0.2, 0.25) is 0 Å². The summed E-state index contributed by atoms with van der Waals surface area (Å²) in [6.07, 6.45) is 2.09. The highest BCUT2D eigenvalue weighted by molar-refractivity contribution is 7.18. The molecule has 1 saturated carbocycles. The van der Waals surface area contributed by atoms with Gasteiger partial charge in [-0.2, -0.15) is 0 Å². The van der Waals surface area contributed by atoms with E-state index in [0.717, 1.165) is 24.2 Å². The molecule has 6 nitrogen and oxygen atoms in total. The SMILES string of the molecule is COc1ccc(C2(CNC(=O)c3sc(N)c(/C(C)=C(/C)N)c3N)CC2)cc1. The summed E-state index contributed by atoms with van der Waals surface area (Å²) in [5, 5.41) is 3.55. The van der Waals surface area contributed by atoms with Crippen molar-refractivity contribution in [3.63, 3.8) is 0 Å². The van der Waals surface area contributed by atoms with Crippen LogP contribution < -0.4 is 27.3 Å². The molecule has 0 atom stereocenters. The average molecular weight is 387 g/mol. The van der Waals surface area contributed by atoms with Crippen LogP contribution in [0.25, 0.3) is 5.57 Å². The number of benzene rings is 1. The number of hydrogen-bond acceptors (Lipinski definition) is 6. The van der Waals surface area contributed by atoms with E-state index < -0.39 is 0 Å². The van der Waals surface area contributed by atoms with Gasteiger partial charge in [-0.3, -0.25) is 4.79 Å². The maximum absolute atomic E-state index is 12.7. The monoisotopic (exact) mass is 386 g/mol. The number of anilines is 2. The summed E-state index contributed by atoms with van der Waals surface area (Å²) in [6, 6.07) is 8.02. The number of hydrogen-bond donors (Lipinski definition) is 4. The molecule has 3 rings (SSSR count). The van der Waals surface area contributed by atoms with E-state index in [1.807, 2.05) is 19.1 Å². The lowest BCUT2D eigenvalue weighted by molar-refractivity contribution is 0.0954. The highest BCUT2D eigenvalue weighted by Gasteiger charge is 2.44. The van der Waals surface area contributed by atoms with E-state index in [0.29, 0.717) is 33.4 Å². The first-order chi connectivity index (χ1) is 12.8. The van der Waals surface area contributed by atoms with Gasteiger partial charge in [0.15, 0.2) is 0 Å². The van der Waals surface area contributed by atoms with E-state index in [1.54, 1.807) is 14.0 Å². The van der Waals surface area contributed by atoms with Crippen LogP contribution in [0.3, 0.4) is 0 Å². The van der Waals surface area contributed by atoms with Gasteiger partial charge in [-0.1, -0.05) is 12.1 Å². The van der Waals surface area contributed by atoms with Crippen molar-refractivity contribution in [3.8, 4) is 5.75 Å². The Labute approximate surface area is 163 Å². The first kappa shape index (κ1) is 19.1. The second kappa shape index (κ2) is 7.15. The number of rotatable bonds is 6. The molecule has 1 aliphatic rings. The quantitative estimate of drug-likeness (QED) is 0.609. The summed E-state index contributed by atoms with van der Waals surface area (Å²) in [5.41, 5.74) is 21.9. The number of allylic oxidation sites excluding steroid dienone is 2. The van der Waals surface area contributed by atoms with Crippen LogP contribution in [0.15, 0.2) is 30.0 Å². The van der Waals surface area contributed by atoms with Gasteiger partial charge in [0.1, 0.15) is 10.6 Å². The zero-order chi connectivity index (χ0) is 19.8. The molecular weight excluding hydrogens is 360 g/mol. The Bertz CT molecular complexity index is 891. The number of nitrogen functional groups attached to an aromatic ring is 2. The Morgan fingerprint density at radius 1 is 1.22 bits per heavy atom. The number of nitrogens with two attached hydrogens (primary N) is 3. The predicted octanol–water partition coefficient (Wildman–Crippen LogP) is 3.09. The smallest absolute Gasteiger partial charge is 0.263 e. The molecule has 0 saturated heterocycles. The molecule has 0 unspecified atom stereocenters. The molecule has 0 spiro atoms. The third-order valence-corrected chi connectivity index (χ3v) is 6.32. The van der Waals surface area contributed by atoms with Crippen molar-refractivity contribution in [3.05, 3.63) is 46.0 Å². The van der Waals surface area contributed by atoms with Crippen LogP contribution in [0.2, 0.25) is 0 Å². The zero-order valence-corrected chi connectivity index (χ0v) is 16.7. The van der Waals surface area contributed by atoms with Crippen LogP contribution >= 0.6 is 11.3 Å². The lowest BCUT2D eigenvalue weighted by Gasteiger charge is -2.17. The molecule has 0 radical (unpaired) electrons. The highest BCUT2D eigenvalue weighted by atomic mass is 32.1. The first-order valence-electron chi connectivity index (χ1n) is 8.83. The number of carbonyl (C=O) groups is 1. The molecule has 144 valence electrons. The summed E-state index contributed by atoms with van der Waals surface area (Å²) in [6.45, 7) is 4.21. The summed E-state index contributed by atoms with van der Waals surface area (Å²) < 4.78 is 5.21. The average Bonchev–Trinajstić information content (AvgIpc) is 3.39. The Kier molecular flexibility index (Phi) is 5.06. The van der Waals surface area contributed by atoms with Gasteiger partial charge in [0, 0.05) is 23.2 Å². The van der Waals surface area contributed by atoms with Gasteiger partial charge >= 0.3 is 0 Å². The van der Waals surface area contributed by atoms with Crippen LogP contribution in [-0.4, -0.2) is 19.6 Å². The Morgan fingerprint density at radius 3 is 2.37 bits per heavy atom. The molecule has 27 heavy (non-hydrogen) atoms. The van der Waals surface area contributed by atoms with Crippen molar-refractivity contribution in [2.45, 2.75) is 32.1 Å². The van der Waals surface area contributed by atoms with Crippen molar-refractivity contribution in [2.24, 2.45) is 5.73 Å². The van der Waals surface area contributed by atoms with Gasteiger partial charge in [-0.25, -0.2) is 0 Å². The van der Waals surface area contributed by atoms with E-state index >= 15 is 0 Å². The summed E-state index contributed by atoms with van der Waals surface area (Å²) >= 11 is 1.20. The fourth-order valence-electron chi connectivity index (χ4n) is 3.21. The Hall–Kier alpha value is -2.67. The predicted molar refractivity (Wildman–Crippen MR) is 112 cm³/mol. The molecule has 1 aliphatic carbocycles. The van der Waals surface area contributed by atoms with Crippen LogP contribution in [0, 0.1) is 0 Å². The molecule has 2 aromatic rings. The minimum absolute atomic E-state index is 0.00794. The normalized spacial score (nSPS) is 15.8. The molecule has 1 aromatic carbocycles. The highest BCUT2D eigenvalue weighted by Crippen LogP contribution is 2.48. The number of carbonyl (C=O) groups excluding carboxylic acids is 1. The minimum atomic E-state index is -0.197. The topological polar surface area (TPSA) is 116 Å². The molecule has 1 heterocycles. The number of ether oxygens (including phenoxy) is 1. The maximum Gasteiger partial charge on any atom is 0.263 e. The maximum atomic E-state index is 12.7. The molecular formula is C20H26N4O2S. The van der Waals surface area contributed by atoms with Crippen LogP contribution in [-0.2, 0) is 5.41 Å². The van der Waals surface area contributed by atoms with Gasteiger partial charge in [-0.05, 0) is 50.0 Å². The molecule has 1 aromatic heterocycles. The molecule has 7 N–H and O–H groups in total. The summed E-state index contributed by atoms with van der Waals surface area (Å²) in [5.74, 6) is 0.629. The van der Waals surface area contributed by atoms with Crippen molar-refractivity contribution in [2.75, 3.05) is 25.1 Å². The Morgan fingerprint density at radius 2 is 1.85 bits per heavy atom. The molecule has 7 heteroatoms. The van der Waals surface area contributed by atoms with E-state index in [1.165, 1.54) is 16.9 Å². The number of nitrogens with one attached hydrogen (secondary N) is 1. The molecule has 1 fully saturated rings. The van der Waals surface area contributed by atoms with Crippen molar-refractivity contribution >= 4 is 33.5 Å². The van der Waals surface area contributed by atoms with E-state index in [4.69, 9.17) is 21.9 Å². The van der Waals surface area contributed by atoms with Crippen LogP contribution in [0.5, 0.6) is 5.75 Å². The second-order valence-electron chi connectivity index (χ2n) is 7.08. The third kappa shape index (κ3) is 3.60. The minimum Gasteiger partial charge on any atom is -0.497 e.